The molecular weight excluding hydrogens is 559 g/mol. The van der Waals surface area contributed by atoms with Crippen molar-refractivity contribution in [2.24, 2.45) is 0 Å². The van der Waals surface area contributed by atoms with Gasteiger partial charge in [0, 0.05) is 24.9 Å². The molecule has 0 aliphatic carbocycles. The number of aryl methyl sites for hydroxylation is 1. The van der Waals surface area contributed by atoms with E-state index >= 15 is 0 Å². The number of aromatic nitrogens is 1. The molecule has 2 heterocycles. The molecule has 4 rings (SSSR count). The Balaban J connectivity index is 1.82. The van der Waals surface area contributed by atoms with Gasteiger partial charge in [-0.05, 0) is 73.9 Å². The van der Waals surface area contributed by atoms with E-state index in [2.05, 4.69) is 4.98 Å². The summed E-state index contributed by atoms with van der Waals surface area (Å²) in [6.45, 7) is 4.99. The van der Waals surface area contributed by atoms with Crippen LogP contribution in [0.2, 0.25) is 0 Å². The van der Waals surface area contributed by atoms with Crippen LogP contribution in [-0.4, -0.2) is 36.1 Å². The highest BCUT2D eigenvalue weighted by Gasteiger charge is 2.41. The summed E-state index contributed by atoms with van der Waals surface area (Å²) < 4.78 is 95.0. The zero-order valence-corrected chi connectivity index (χ0v) is 22.9. The van der Waals surface area contributed by atoms with E-state index in [-0.39, 0.29) is 11.8 Å². The lowest BCUT2D eigenvalue weighted by molar-refractivity contribution is -0.143. The SMILES string of the molecule is Cc1cc(F)ccc1-c1cc(N2CCSC2)ncc1N(C)C(=O)C(C)(C)c1cc(C(F)(F)F)cc(C(F)(F)F)c1. The van der Waals surface area contributed by atoms with E-state index in [9.17, 15) is 35.5 Å². The molecular formula is C28H26F7N3OS. The zero-order valence-electron chi connectivity index (χ0n) is 22.0. The van der Waals surface area contributed by atoms with Crippen molar-refractivity contribution in [3.63, 3.8) is 0 Å². The fraction of sp³-hybridized carbons (Fsp3) is 0.357. The number of likely N-dealkylation sites (N-methyl/N-ethyl adjacent to an activating group) is 1. The summed E-state index contributed by atoms with van der Waals surface area (Å²) in [5.41, 5.74) is -3.28. The van der Waals surface area contributed by atoms with Gasteiger partial charge in [0.15, 0.2) is 0 Å². The molecule has 2 aromatic carbocycles. The van der Waals surface area contributed by atoms with Gasteiger partial charge in [0.1, 0.15) is 11.6 Å². The second kappa shape index (κ2) is 10.6. The van der Waals surface area contributed by atoms with Gasteiger partial charge >= 0.3 is 12.4 Å². The Hall–Kier alpha value is -3.28. The number of carbonyl (C=O) groups excluding carboxylic acids is 1. The van der Waals surface area contributed by atoms with Gasteiger partial charge in [-0.25, -0.2) is 9.37 Å². The average molecular weight is 586 g/mol. The topological polar surface area (TPSA) is 36.4 Å². The number of alkyl halides is 6. The third kappa shape index (κ3) is 5.91. The van der Waals surface area contributed by atoms with E-state index in [0.717, 1.165) is 12.3 Å². The Morgan fingerprint density at radius 2 is 1.52 bits per heavy atom. The molecule has 0 saturated carbocycles. The molecule has 3 aromatic rings. The molecule has 0 N–H and O–H groups in total. The Bertz CT molecular complexity index is 1400. The van der Waals surface area contributed by atoms with Gasteiger partial charge < -0.3 is 9.80 Å². The first kappa shape index (κ1) is 29.7. The quantitative estimate of drug-likeness (QED) is 0.288. The van der Waals surface area contributed by atoms with Crippen molar-refractivity contribution in [1.82, 2.24) is 4.98 Å². The summed E-state index contributed by atoms with van der Waals surface area (Å²) in [5.74, 6) is 1.02. The van der Waals surface area contributed by atoms with Crippen molar-refractivity contribution in [2.45, 2.75) is 38.5 Å². The number of nitrogens with zero attached hydrogens (tertiary/aromatic N) is 3. The first-order valence-electron chi connectivity index (χ1n) is 12.2. The van der Waals surface area contributed by atoms with Gasteiger partial charge in [0.2, 0.25) is 5.91 Å². The van der Waals surface area contributed by atoms with E-state index in [1.807, 2.05) is 4.90 Å². The number of benzene rings is 2. The van der Waals surface area contributed by atoms with Crippen LogP contribution >= 0.6 is 11.8 Å². The minimum atomic E-state index is -5.05. The number of rotatable bonds is 5. The number of hydrogen-bond donors (Lipinski definition) is 0. The number of anilines is 2. The normalized spacial score (nSPS) is 14.5. The summed E-state index contributed by atoms with van der Waals surface area (Å²) >= 11 is 1.72. The third-order valence-electron chi connectivity index (χ3n) is 6.93. The van der Waals surface area contributed by atoms with Gasteiger partial charge in [-0.1, -0.05) is 6.07 Å². The molecule has 1 aliphatic heterocycles. The van der Waals surface area contributed by atoms with Crippen LogP contribution in [0.3, 0.4) is 0 Å². The molecule has 4 nitrogen and oxygen atoms in total. The maximum absolute atomic E-state index is 13.9. The van der Waals surface area contributed by atoms with Gasteiger partial charge in [0.25, 0.3) is 0 Å². The van der Waals surface area contributed by atoms with E-state index in [0.29, 0.717) is 40.5 Å². The van der Waals surface area contributed by atoms with Crippen LogP contribution < -0.4 is 9.80 Å². The van der Waals surface area contributed by atoms with Crippen LogP contribution in [0.5, 0.6) is 0 Å². The lowest BCUT2D eigenvalue weighted by atomic mass is 9.81. The zero-order chi connectivity index (χ0) is 29.6. The second-order valence-electron chi connectivity index (χ2n) is 10.1. The Kier molecular flexibility index (Phi) is 7.87. The standard InChI is InChI=1S/C28H26F7N3OS/c1-16-9-20(29)5-6-21(16)22-13-24(38-7-8-40-15-38)36-14-23(22)37(4)25(39)26(2,3)17-10-18(27(30,31)32)12-19(11-17)28(33,34)35/h5-6,9-14H,7-8,15H2,1-4H3. The molecule has 214 valence electrons. The smallest absolute Gasteiger partial charge is 0.347 e. The highest BCUT2D eigenvalue weighted by molar-refractivity contribution is 7.99. The maximum atomic E-state index is 13.9. The van der Waals surface area contributed by atoms with Gasteiger partial charge in [-0.3, -0.25) is 4.79 Å². The average Bonchev–Trinajstić information content (AvgIpc) is 3.41. The summed E-state index contributed by atoms with van der Waals surface area (Å²) in [7, 11) is 1.38. The molecule has 1 aromatic heterocycles. The third-order valence-corrected chi connectivity index (χ3v) is 7.90. The van der Waals surface area contributed by atoms with Crippen molar-refractivity contribution in [1.29, 1.82) is 0 Å². The molecule has 0 bridgehead atoms. The van der Waals surface area contributed by atoms with E-state index < -0.39 is 46.2 Å². The summed E-state index contributed by atoms with van der Waals surface area (Å²) in [6.07, 6.45) is -8.67. The minimum absolute atomic E-state index is 0.0302. The molecule has 1 saturated heterocycles. The number of carbonyl (C=O) groups is 1. The van der Waals surface area contributed by atoms with Crippen LogP contribution in [0.25, 0.3) is 11.1 Å². The van der Waals surface area contributed by atoms with Crippen molar-refractivity contribution >= 4 is 29.2 Å². The highest BCUT2D eigenvalue weighted by atomic mass is 32.2. The fourth-order valence-electron chi connectivity index (χ4n) is 4.58. The summed E-state index contributed by atoms with van der Waals surface area (Å²) in [6, 6.07) is 7.07. The largest absolute Gasteiger partial charge is 0.416 e. The highest BCUT2D eigenvalue weighted by Crippen LogP contribution is 2.41. The molecule has 0 radical (unpaired) electrons. The second-order valence-corrected chi connectivity index (χ2v) is 11.2. The number of amides is 1. The van der Waals surface area contributed by atoms with Gasteiger partial charge in [0.05, 0.1) is 34.3 Å². The molecule has 1 fully saturated rings. The van der Waals surface area contributed by atoms with E-state index in [1.54, 1.807) is 30.8 Å². The van der Waals surface area contributed by atoms with Crippen molar-refractivity contribution in [2.75, 3.05) is 35.0 Å². The molecule has 40 heavy (non-hydrogen) atoms. The first-order valence-corrected chi connectivity index (χ1v) is 13.3. The van der Waals surface area contributed by atoms with E-state index in [4.69, 9.17) is 0 Å². The van der Waals surface area contributed by atoms with Crippen molar-refractivity contribution < 1.29 is 35.5 Å². The monoisotopic (exact) mass is 585 g/mol. The van der Waals surface area contributed by atoms with Gasteiger partial charge in [-0.15, -0.1) is 11.8 Å². The number of pyridine rings is 1. The van der Waals surface area contributed by atoms with Crippen molar-refractivity contribution in [3.05, 3.63) is 76.7 Å². The van der Waals surface area contributed by atoms with Crippen LogP contribution in [-0.2, 0) is 22.6 Å². The number of thioether (sulfide) groups is 1. The maximum Gasteiger partial charge on any atom is 0.416 e. The lowest BCUT2D eigenvalue weighted by Gasteiger charge is -2.32. The Morgan fingerprint density at radius 3 is 2.05 bits per heavy atom. The predicted molar refractivity (Wildman–Crippen MR) is 142 cm³/mol. The van der Waals surface area contributed by atoms with Crippen LogP contribution in [0, 0.1) is 12.7 Å². The van der Waals surface area contributed by atoms with E-state index in [1.165, 1.54) is 44.1 Å². The summed E-state index contributed by atoms with van der Waals surface area (Å²) in [5, 5.41) is 0. The minimum Gasteiger partial charge on any atom is -0.347 e. The molecule has 12 heteroatoms. The molecule has 1 amide bonds. The molecule has 0 atom stereocenters. The number of hydrogen-bond acceptors (Lipinski definition) is 4. The number of halogens is 7. The fourth-order valence-corrected chi connectivity index (χ4v) is 5.55. The Morgan fingerprint density at radius 1 is 0.925 bits per heavy atom. The molecule has 0 spiro atoms. The van der Waals surface area contributed by atoms with Crippen LogP contribution in [0.1, 0.15) is 36.1 Å². The predicted octanol–water partition coefficient (Wildman–Crippen LogP) is 7.69. The Labute approximate surface area is 231 Å². The van der Waals surface area contributed by atoms with Crippen LogP contribution in [0.4, 0.5) is 42.2 Å². The lowest BCUT2D eigenvalue weighted by Crippen LogP contribution is -2.42. The van der Waals surface area contributed by atoms with Crippen molar-refractivity contribution in [3.8, 4) is 11.1 Å². The first-order chi connectivity index (χ1) is 18.5. The van der Waals surface area contributed by atoms with Crippen LogP contribution in [0.15, 0.2) is 48.7 Å². The molecule has 0 unspecified atom stereocenters. The van der Waals surface area contributed by atoms with Gasteiger partial charge in [-0.2, -0.15) is 26.3 Å². The molecule has 1 aliphatic rings. The summed E-state index contributed by atoms with van der Waals surface area (Å²) in [4.78, 5) is 21.5.